The molecule has 1 aromatic heterocycles. The van der Waals surface area contributed by atoms with Gasteiger partial charge < -0.3 is 19.9 Å². The van der Waals surface area contributed by atoms with Crippen LogP contribution in [0.1, 0.15) is 5.56 Å². The molecule has 2 amide bonds. The van der Waals surface area contributed by atoms with E-state index in [1.54, 1.807) is 17.0 Å². The lowest BCUT2D eigenvalue weighted by molar-refractivity contribution is -0.131. The fraction of sp³-hybridized carbons (Fsp3) is 0.280. The summed E-state index contributed by atoms with van der Waals surface area (Å²) in [5, 5.41) is 4.83. The van der Waals surface area contributed by atoms with Crippen molar-refractivity contribution < 1.29 is 14.3 Å². The molecule has 6 nitrogen and oxygen atoms in total. The molecule has 7 heteroatoms. The molecule has 2 N–H and O–H groups in total. The molecule has 0 aliphatic carbocycles. The number of carbonyl (C=O) groups is 2. The van der Waals surface area contributed by atoms with Crippen molar-refractivity contribution in [2.75, 3.05) is 18.0 Å². The second-order valence-electron chi connectivity index (χ2n) is 8.70. The van der Waals surface area contributed by atoms with Gasteiger partial charge in [0, 0.05) is 34.4 Å². The Balaban J connectivity index is 1.18. The number of carbonyl (C=O) groups excluding carboxylic acids is 2. The molecule has 2 saturated heterocycles. The van der Waals surface area contributed by atoms with Crippen LogP contribution in [0.25, 0.3) is 10.9 Å². The Kier molecular flexibility index (Phi) is 4.42. The number of rotatable bonds is 5. The summed E-state index contributed by atoms with van der Waals surface area (Å²) in [4.78, 5) is 31.5. The predicted molar refractivity (Wildman–Crippen MR) is 123 cm³/mol. The summed E-state index contributed by atoms with van der Waals surface area (Å²) in [6, 6.07) is 15.3. The number of nitrogens with one attached hydrogen (secondary N) is 2. The third kappa shape index (κ3) is 2.90. The molecule has 2 aromatic carbocycles. The quantitative estimate of drug-likeness (QED) is 0.588. The summed E-state index contributed by atoms with van der Waals surface area (Å²) in [6.07, 6.45) is 6.24. The zero-order valence-corrected chi connectivity index (χ0v) is 18.0. The molecule has 3 aromatic rings. The normalized spacial score (nSPS) is 28.0. The minimum atomic E-state index is -0.736. The van der Waals surface area contributed by atoms with Crippen LogP contribution in [0.4, 0.5) is 5.69 Å². The number of benzene rings is 2. The number of para-hydroxylation sites is 1. The van der Waals surface area contributed by atoms with Crippen LogP contribution in [-0.4, -0.2) is 41.6 Å². The van der Waals surface area contributed by atoms with E-state index < -0.39 is 17.4 Å². The van der Waals surface area contributed by atoms with Crippen LogP contribution in [-0.2, 0) is 20.7 Å². The average molecular weight is 448 g/mol. The molecule has 4 heterocycles. The van der Waals surface area contributed by atoms with Crippen LogP contribution in [0.5, 0.6) is 0 Å². The monoisotopic (exact) mass is 447 g/mol. The Bertz CT molecular complexity index is 1250. The van der Waals surface area contributed by atoms with Gasteiger partial charge in [0.05, 0.1) is 24.5 Å². The first-order valence-corrected chi connectivity index (χ1v) is 11.2. The average Bonchev–Trinajstić information content (AvgIpc) is 3.54. The van der Waals surface area contributed by atoms with Crippen molar-refractivity contribution in [1.29, 1.82) is 0 Å². The SMILES string of the molecule is O=C(NCCc1c[nH]c2ccccc12)[C@H]1[C@@H]2C=C[C@]3(CN(c4ccc(Cl)cc4)C(=O)[C@@H]13)O2. The Labute approximate surface area is 190 Å². The molecule has 0 saturated carbocycles. The fourth-order valence-corrected chi connectivity index (χ4v) is 5.54. The minimum absolute atomic E-state index is 0.0732. The number of aromatic nitrogens is 1. The second kappa shape index (κ2) is 7.22. The van der Waals surface area contributed by atoms with E-state index in [9.17, 15) is 9.59 Å². The second-order valence-corrected chi connectivity index (χ2v) is 9.14. The van der Waals surface area contributed by atoms with Crippen LogP contribution >= 0.6 is 11.6 Å². The van der Waals surface area contributed by atoms with Gasteiger partial charge >= 0.3 is 0 Å². The third-order valence-electron chi connectivity index (χ3n) is 6.91. The van der Waals surface area contributed by atoms with Gasteiger partial charge in [-0.1, -0.05) is 42.0 Å². The van der Waals surface area contributed by atoms with Crippen molar-refractivity contribution in [2.24, 2.45) is 11.8 Å². The van der Waals surface area contributed by atoms with Gasteiger partial charge in [-0.2, -0.15) is 0 Å². The highest BCUT2D eigenvalue weighted by molar-refractivity contribution is 6.30. The van der Waals surface area contributed by atoms with E-state index in [1.165, 1.54) is 0 Å². The number of anilines is 1. The van der Waals surface area contributed by atoms with Gasteiger partial charge in [-0.15, -0.1) is 0 Å². The maximum atomic E-state index is 13.4. The summed E-state index contributed by atoms with van der Waals surface area (Å²) in [5.74, 6) is -1.23. The van der Waals surface area contributed by atoms with Crippen molar-refractivity contribution in [1.82, 2.24) is 10.3 Å². The van der Waals surface area contributed by atoms with Crippen molar-refractivity contribution >= 4 is 40.0 Å². The molecule has 1 spiro atoms. The Hall–Kier alpha value is -3.09. The predicted octanol–water partition coefficient (Wildman–Crippen LogP) is 3.47. The van der Waals surface area contributed by atoms with E-state index in [0.29, 0.717) is 24.5 Å². The van der Waals surface area contributed by atoms with Crippen LogP contribution < -0.4 is 10.2 Å². The number of halogens is 1. The lowest BCUT2D eigenvalue weighted by Crippen LogP contribution is -2.44. The van der Waals surface area contributed by atoms with E-state index in [4.69, 9.17) is 16.3 Å². The summed E-state index contributed by atoms with van der Waals surface area (Å²) >= 11 is 6.00. The maximum Gasteiger partial charge on any atom is 0.234 e. The molecular weight excluding hydrogens is 426 g/mol. The lowest BCUT2D eigenvalue weighted by Gasteiger charge is -2.23. The minimum Gasteiger partial charge on any atom is -0.361 e. The van der Waals surface area contributed by atoms with Gasteiger partial charge in [0.2, 0.25) is 11.8 Å². The van der Waals surface area contributed by atoms with Crippen molar-refractivity contribution in [3.8, 4) is 0 Å². The molecule has 6 rings (SSSR count). The van der Waals surface area contributed by atoms with E-state index in [1.807, 2.05) is 48.7 Å². The summed E-state index contributed by atoms with van der Waals surface area (Å²) in [5.41, 5.74) is 2.27. The molecule has 4 atom stereocenters. The van der Waals surface area contributed by atoms with E-state index in [2.05, 4.69) is 16.4 Å². The summed E-state index contributed by atoms with van der Waals surface area (Å²) in [7, 11) is 0. The lowest BCUT2D eigenvalue weighted by atomic mass is 9.77. The first kappa shape index (κ1) is 19.6. The van der Waals surface area contributed by atoms with Crippen LogP contribution in [0.2, 0.25) is 5.02 Å². The van der Waals surface area contributed by atoms with Crippen LogP contribution in [0.3, 0.4) is 0 Å². The zero-order chi connectivity index (χ0) is 21.9. The molecule has 2 fully saturated rings. The van der Waals surface area contributed by atoms with Crippen LogP contribution in [0, 0.1) is 11.8 Å². The fourth-order valence-electron chi connectivity index (χ4n) is 5.41. The number of H-pyrrole nitrogens is 1. The van der Waals surface area contributed by atoms with E-state index >= 15 is 0 Å². The Morgan fingerprint density at radius 1 is 1.22 bits per heavy atom. The number of fused-ring (bicyclic) bond motifs is 2. The van der Waals surface area contributed by atoms with Gasteiger partial charge in [-0.3, -0.25) is 9.59 Å². The number of hydrogen-bond donors (Lipinski definition) is 2. The topological polar surface area (TPSA) is 74.4 Å². The molecule has 32 heavy (non-hydrogen) atoms. The molecule has 0 radical (unpaired) electrons. The third-order valence-corrected chi connectivity index (χ3v) is 7.16. The number of hydrogen-bond acceptors (Lipinski definition) is 3. The highest BCUT2D eigenvalue weighted by Gasteiger charge is 2.67. The van der Waals surface area contributed by atoms with Gasteiger partial charge in [-0.25, -0.2) is 0 Å². The molecular formula is C25H22ClN3O3. The molecule has 3 aliphatic rings. The number of amides is 2. The first-order chi connectivity index (χ1) is 15.6. The van der Waals surface area contributed by atoms with Crippen molar-refractivity contribution in [3.63, 3.8) is 0 Å². The molecule has 162 valence electrons. The van der Waals surface area contributed by atoms with Gasteiger partial charge in [0.15, 0.2) is 0 Å². The maximum absolute atomic E-state index is 13.4. The number of ether oxygens (including phenoxy) is 1. The highest BCUT2D eigenvalue weighted by atomic mass is 35.5. The summed E-state index contributed by atoms with van der Waals surface area (Å²) in [6.45, 7) is 0.909. The standard InChI is InChI=1S/C25H22ClN3O3/c26-16-5-7-17(8-6-16)29-14-25-11-9-20(32-25)21(22(25)24(29)31)23(30)27-12-10-15-13-28-19-4-2-1-3-18(15)19/h1-9,11,13,20-22,28H,10,12,14H2,(H,27,30)/t20-,21-,22+,25+/m0/s1. The van der Waals surface area contributed by atoms with Gasteiger partial charge in [0.1, 0.15) is 5.60 Å². The van der Waals surface area contributed by atoms with Gasteiger partial charge in [0.25, 0.3) is 0 Å². The molecule has 2 bridgehead atoms. The van der Waals surface area contributed by atoms with Crippen LogP contribution in [0.15, 0.2) is 66.9 Å². The van der Waals surface area contributed by atoms with E-state index in [-0.39, 0.29) is 17.9 Å². The molecule has 3 aliphatic heterocycles. The molecule has 0 unspecified atom stereocenters. The first-order valence-electron chi connectivity index (χ1n) is 10.8. The van der Waals surface area contributed by atoms with Crippen molar-refractivity contribution in [3.05, 3.63) is 77.5 Å². The largest absolute Gasteiger partial charge is 0.361 e. The number of aromatic amines is 1. The van der Waals surface area contributed by atoms with Gasteiger partial charge in [-0.05, 0) is 42.3 Å². The number of nitrogens with zero attached hydrogens (tertiary/aromatic N) is 1. The summed E-state index contributed by atoms with van der Waals surface area (Å²) < 4.78 is 6.21. The van der Waals surface area contributed by atoms with Crippen molar-refractivity contribution in [2.45, 2.75) is 18.1 Å². The van der Waals surface area contributed by atoms with E-state index in [0.717, 1.165) is 22.2 Å². The Morgan fingerprint density at radius 2 is 2.03 bits per heavy atom. The highest BCUT2D eigenvalue weighted by Crippen LogP contribution is 2.52. The zero-order valence-electron chi connectivity index (χ0n) is 17.3. The smallest absolute Gasteiger partial charge is 0.234 e. The Morgan fingerprint density at radius 3 is 2.88 bits per heavy atom.